The molecule has 0 spiro atoms. The van der Waals surface area contributed by atoms with E-state index in [2.05, 4.69) is 38.8 Å². The van der Waals surface area contributed by atoms with Crippen molar-refractivity contribution in [3.8, 4) is 0 Å². The fourth-order valence-electron chi connectivity index (χ4n) is 2.22. The zero-order valence-electron chi connectivity index (χ0n) is 9.75. The number of amides is 1. The van der Waals surface area contributed by atoms with Crippen molar-refractivity contribution in [3.63, 3.8) is 0 Å². The van der Waals surface area contributed by atoms with E-state index in [1.807, 2.05) is 23.1 Å². The first-order chi connectivity index (χ1) is 8.09. The monoisotopic (exact) mass is 359 g/mol. The second kappa shape index (κ2) is 5.53. The van der Waals surface area contributed by atoms with Gasteiger partial charge in [0, 0.05) is 21.5 Å². The number of carbonyl (C=O) groups excluding carboxylic acids is 1. The van der Waals surface area contributed by atoms with Crippen LogP contribution in [0, 0.1) is 0 Å². The van der Waals surface area contributed by atoms with Crippen LogP contribution in [0.15, 0.2) is 27.1 Å². The molecule has 0 aromatic heterocycles. The van der Waals surface area contributed by atoms with E-state index < -0.39 is 0 Å². The molecule has 4 heteroatoms. The van der Waals surface area contributed by atoms with E-state index in [1.165, 1.54) is 6.42 Å². The van der Waals surface area contributed by atoms with Crippen molar-refractivity contribution in [2.24, 2.45) is 0 Å². The first kappa shape index (κ1) is 13.1. The predicted molar refractivity (Wildman–Crippen MR) is 76.2 cm³/mol. The summed E-state index contributed by atoms with van der Waals surface area (Å²) in [5, 5.41) is 0. The molecule has 1 unspecified atom stereocenters. The average molecular weight is 361 g/mol. The van der Waals surface area contributed by atoms with Gasteiger partial charge in [-0.05, 0) is 60.3 Å². The highest BCUT2D eigenvalue weighted by molar-refractivity contribution is 9.11. The van der Waals surface area contributed by atoms with Gasteiger partial charge in [0.15, 0.2) is 0 Å². The van der Waals surface area contributed by atoms with Gasteiger partial charge in [-0.25, -0.2) is 0 Å². The maximum Gasteiger partial charge on any atom is 0.255 e. The van der Waals surface area contributed by atoms with E-state index in [-0.39, 0.29) is 5.91 Å². The number of likely N-dealkylation sites (tertiary alicyclic amines) is 1. The van der Waals surface area contributed by atoms with Crippen LogP contribution in [0.5, 0.6) is 0 Å². The molecule has 0 N–H and O–H groups in total. The van der Waals surface area contributed by atoms with Crippen molar-refractivity contribution in [2.75, 3.05) is 6.54 Å². The SMILES string of the molecule is CC1CCCCN1C(=O)c1cc(Br)ccc1Br. The number of hydrogen-bond donors (Lipinski definition) is 0. The molecule has 1 aliphatic rings. The molecular formula is C13H15Br2NO. The van der Waals surface area contributed by atoms with Crippen LogP contribution in [-0.4, -0.2) is 23.4 Å². The van der Waals surface area contributed by atoms with Gasteiger partial charge in [0.25, 0.3) is 5.91 Å². The van der Waals surface area contributed by atoms with Crippen LogP contribution in [0.1, 0.15) is 36.5 Å². The normalized spacial score (nSPS) is 20.4. The molecule has 1 atom stereocenters. The van der Waals surface area contributed by atoms with E-state index >= 15 is 0 Å². The summed E-state index contributed by atoms with van der Waals surface area (Å²) in [5.74, 6) is 0.130. The average Bonchev–Trinajstić information content (AvgIpc) is 2.32. The maximum absolute atomic E-state index is 12.5. The van der Waals surface area contributed by atoms with Crippen LogP contribution in [0.25, 0.3) is 0 Å². The molecule has 0 radical (unpaired) electrons. The lowest BCUT2D eigenvalue weighted by molar-refractivity contribution is 0.0634. The van der Waals surface area contributed by atoms with Crippen molar-refractivity contribution in [3.05, 3.63) is 32.7 Å². The molecule has 17 heavy (non-hydrogen) atoms. The minimum Gasteiger partial charge on any atom is -0.336 e. The molecule has 2 nitrogen and oxygen atoms in total. The summed E-state index contributed by atoms with van der Waals surface area (Å²) < 4.78 is 1.80. The van der Waals surface area contributed by atoms with Crippen molar-refractivity contribution >= 4 is 37.8 Å². The number of benzene rings is 1. The number of nitrogens with zero attached hydrogens (tertiary/aromatic N) is 1. The standard InChI is InChI=1S/C13H15Br2NO/c1-9-4-2-3-7-16(9)13(17)11-8-10(14)5-6-12(11)15/h5-6,8-9H,2-4,7H2,1H3. The van der Waals surface area contributed by atoms with E-state index in [0.717, 1.165) is 33.9 Å². The van der Waals surface area contributed by atoms with Crippen LogP contribution < -0.4 is 0 Å². The minimum absolute atomic E-state index is 0.130. The van der Waals surface area contributed by atoms with E-state index in [4.69, 9.17) is 0 Å². The summed E-state index contributed by atoms with van der Waals surface area (Å²) in [4.78, 5) is 14.4. The van der Waals surface area contributed by atoms with Crippen LogP contribution >= 0.6 is 31.9 Å². The number of hydrogen-bond acceptors (Lipinski definition) is 1. The molecule has 0 aliphatic carbocycles. The Balaban J connectivity index is 2.26. The number of rotatable bonds is 1. The fraction of sp³-hybridized carbons (Fsp3) is 0.462. The van der Waals surface area contributed by atoms with Gasteiger partial charge in [0.05, 0.1) is 5.56 Å². The van der Waals surface area contributed by atoms with Crippen LogP contribution in [0.2, 0.25) is 0 Å². The van der Waals surface area contributed by atoms with Crippen LogP contribution in [0.3, 0.4) is 0 Å². The predicted octanol–water partition coefficient (Wildman–Crippen LogP) is 4.23. The summed E-state index contributed by atoms with van der Waals surface area (Å²) >= 11 is 6.86. The van der Waals surface area contributed by atoms with E-state index in [9.17, 15) is 4.79 Å². The van der Waals surface area contributed by atoms with Gasteiger partial charge in [-0.2, -0.15) is 0 Å². The van der Waals surface area contributed by atoms with Crippen LogP contribution in [-0.2, 0) is 0 Å². The van der Waals surface area contributed by atoms with Gasteiger partial charge in [-0.3, -0.25) is 4.79 Å². The quantitative estimate of drug-likeness (QED) is 0.733. The summed E-state index contributed by atoms with van der Waals surface area (Å²) in [6, 6.07) is 6.07. The highest BCUT2D eigenvalue weighted by Crippen LogP contribution is 2.26. The van der Waals surface area contributed by atoms with Crippen molar-refractivity contribution in [2.45, 2.75) is 32.2 Å². The molecule has 2 rings (SSSR count). The fourth-order valence-corrected chi connectivity index (χ4v) is 2.99. The molecule has 1 aromatic carbocycles. The Hall–Kier alpha value is -0.350. The summed E-state index contributed by atoms with van der Waals surface area (Å²) in [7, 11) is 0. The number of carbonyl (C=O) groups is 1. The molecule has 0 bridgehead atoms. The van der Waals surface area contributed by atoms with Gasteiger partial charge in [-0.15, -0.1) is 0 Å². The molecule has 1 amide bonds. The third-order valence-corrected chi connectivity index (χ3v) is 4.41. The topological polar surface area (TPSA) is 20.3 Å². The Labute approximate surface area is 119 Å². The first-order valence-electron chi connectivity index (χ1n) is 5.85. The molecule has 1 heterocycles. The smallest absolute Gasteiger partial charge is 0.255 e. The van der Waals surface area contributed by atoms with Gasteiger partial charge in [0.1, 0.15) is 0 Å². The third-order valence-electron chi connectivity index (χ3n) is 3.22. The van der Waals surface area contributed by atoms with E-state index in [1.54, 1.807) is 0 Å². The zero-order valence-corrected chi connectivity index (χ0v) is 12.9. The number of piperidine rings is 1. The summed E-state index contributed by atoms with van der Waals surface area (Å²) in [6.07, 6.45) is 3.45. The lowest BCUT2D eigenvalue weighted by Gasteiger charge is -2.33. The Bertz CT molecular complexity index is 433. The Morgan fingerprint density at radius 1 is 1.35 bits per heavy atom. The highest BCUT2D eigenvalue weighted by Gasteiger charge is 2.25. The molecular weight excluding hydrogens is 346 g/mol. The van der Waals surface area contributed by atoms with Crippen molar-refractivity contribution in [1.29, 1.82) is 0 Å². The molecule has 1 fully saturated rings. The highest BCUT2D eigenvalue weighted by atomic mass is 79.9. The molecule has 0 saturated carbocycles. The van der Waals surface area contributed by atoms with Gasteiger partial charge < -0.3 is 4.90 Å². The largest absolute Gasteiger partial charge is 0.336 e. The molecule has 92 valence electrons. The maximum atomic E-state index is 12.5. The lowest BCUT2D eigenvalue weighted by Crippen LogP contribution is -2.42. The van der Waals surface area contributed by atoms with Gasteiger partial charge in [0.2, 0.25) is 0 Å². The lowest BCUT2D eigenvalue weighted by atomic mass is 10.0. The van der Waals surface area contributed by atoms with Crippen LogP contribution in [0.4, 0.5) is 0 Å². The number of halogens is 2. The Morgan fingerprint density at radius 2 is 2.12 bits per heavy atom. The van der Waals surface area contributed by atoms with E-state index in [0.29, 0.717) is 6.04 Å². The Kier molecular flexibility index (Phi) is 4.26. The minimum atomic E-state index is 0.130. The summed E-state index contributed by atoms with van der Waals surface area (Å²) in [6.45, 7) is 3.00. The molecule has 1 aliphatic heterocycles. The zero-order chi connectivity index (χ0) is 12.4. The van der Waals surface area contributed by atoms with Gasteiger partial charge in [-0.1, -0.05) is 15.9 Å². The second-order valence-corrected chi connectivity index (χ2v) is 6.24. The summed E-state index contributed by atoms with van der Waals surface area (Å²) in [5.41, 5.74) is 0.744. The Morgan fingerprint density at radius 3 is 2.82 bits per heavy atom. The first-order valence-corrected chi connectivity index (χ1v) is 7.44. The molecule has 1 aromatic rings. The second-order valence-electron chi connectivity index (χ2n) is 4.47. The third kappa shape index (κ3) is 2.91. The van der Waals surface area contributed by atoms with Gasteiger partial charge >= 0.3 is 0 Å². The van der Waals surface area contributed by atoms with Crippen molar-refractivity contribution < 1.29 is 4.79 Å². The molecule has 1 saturated heterocycles. The van der Waals surface area contributed by atoms with Crippen molar-refractivity contribution in [1.82, 2.24) is 4.90 Å².